The molecule has 1 saturated carbocycles. The van der Waals surface area contributed by atoms with Gasteiger partial charge >= 0.3 is 0 Å². The van der Waals surface area contributed by atoms with Crippen LogP contribution in [-0.2, 0) is 0 Å². The van der Waals surface area contributed by atoms with Gasteiger partial charge in [-0.1, -0.05) is 19.3 Å². The molecular weight excluding hydrogens is 328 g/mol. The van der Waals surface area contributed by atoms with Crippen LogP contribution in [-0.4, -0.2) is 30.8 Å². The lowest BCUT2D eigenvalue weighted by Crippen LogP contribution is -2.44. The van der Waals surface area contributed by atoms with Crippen LogP contribution in [0.25, 0.3) is 0 Å². The van der Waals surface area contributed by atoms with Crippen molar-refractivity contribution in [1.29, 1.82) is 0 Å². The third-order valence-corrected chi connectivity index (χ3v) is 5.31. The van der Waals surface area contributed by atoms with Crippen molar-refractivity contribution < 1.29 is 8.78 Å². The lowest BCUT2D eigenvalue weighted by Gasteiger charge is -2.25. The highest BCUT2D eigenvalue weighted by atomic mass is 32.1. The topological polar surface area (TPSA) is 27.3 Å². The van der Waals surface area contributed by atoms with Gasteiger partial charge < -0.3 is 15.5 Å². The maximum absolute atomic E-state index is 13.4. The molecule has 6 heteroatoms. The lowest BCUT2D eigenvalue weighted by molar-refractivity contribution is 0.411. The Morgan fingerprint density at radius 1 is 1.12 bits per heavy atom. The average molecular weight is 353 g/mol. The fraction of sp³-hybridized carbons (Fsp3) is 0.611. The fourth-order valence-electron chi connectivity index (χ4n) is 3.64. The van der Waals surface area contributed by atoms with Crippen molar-refractivity contribution in [2.75, 3.05) is 24.5 Å². The van der Waals surface area contributed by atoms with E-state index in [9.17, 15) is 8.78 Å². The van der Waals surface area contributed by atoms with E-state index in [1.54, 1.807) is 6.07 Å². The Labute approximate surface area is 147 Å². The maximum atomic E-state index is 13.4. The van der Waals surface area contributed by atoms with Crippen molar-refractivity contribution in [3.63, 3.8) is 0 Å². The van der Waals surface area contributed by atoms with Gasteiger partial charge in [0.1, 0.15) is 0 Å². The van der Waals surface area contributed by atoms with E-state index in [4.69, 9.17) is 12.2 Å². The Kier molecular flexibility index (Phi) is 5.87. The Morgan fingerprint density at radius 3 is 2.67 bits per heavy atom. The number of rotatable bonds is 4. The van der Waals surface area contributed by atoms with E-state index in [-0.39, 0.29) is 0 Å². The molecule has 1 aliphatic heterocycles. The molecule has 0 amide bonds. The van der Waals surface area contributed by atoms with E-state index in [0.717, 1.165) is 36.9 Å². The normalized spacial score (nSPS) is 21.8. The van der Waals surface area contributed by atoms with Crippen molar-refractivity contribution in [3.8, 4) is 0 Å². The number of hydrogen-bond acceptors (Lipinski definition) is 2. The van der Waals surface area contributed by atoms with Gasteiger partial charge in [0.25, 0.3) is 0 Å². The minimum absolute atomic E-state index is 0.462. The zero-order valence-electron chi connectivity index (χ0n) is 13.9. The molecule has 0 unspecified atom stereocenters. The third-order valence-electron chi connectivity index (χ3n) is 5.05. The zero-order chi connectivity index (χ0) is 16.9. The second-order valence-electron chi connectivity index (χ2n) is 6.89. The molecule has 0 bridgehead atoms. The standard InChI is InChI=1S/C18H25F2N3S/c19-16-7-6-15(10-17(16)20)23-9-8-13(12-23)11-21-18(24)22-14-4-2-1-3-5-14/h6-7,10,13-14H,1-5,8-9,11-12H2,(H2,21,22,24)/t13-/m0/s1. The highest BCUT2D eigenvalue weighted by molar-refractivity contribution is 7.80. The molecule has 2 N–H and O–H groups in total. The molecule has 1 atom stereocenters. The Hall–Kier alpha value is -1.43. The molecule has 0 spiro atoms. The Balaban J connectivity index is 1.42. The van der Waals surface area contributed by atoms with E-state index in [2.05, 4.69) is 15.5 Å². The Bertz CT molecular complexity index is 575. The molecule has 24 heavy (non-hydrogen) atoms. The summed E-state index contributed by atoms with van der Waals surface area (Å²) in [5.41, 5.74) is 0.749. The summed E-state index contributed by atoms with van der Waals surface area (Å²) < 4.78 is 26.4. The molecule has 1 saturated heterocycles. The molecule has 132 valence electrons. The number of anilines is 1. The molecule has 1 aromatic carbocycles. The summed E-state index contributed by atoms with van der Waals surface area (Å²) in [6.07, 6.45) is 7.33. The van der Waals surface area contributed by atoms with Gasteiger partial charge in [0.2, 0.25) is 0 Å². The third kappa shape index (κ3) is 4.56. The maximum Gasteiger partial charge on any atom is 0.166 e. The van der Waals surface area contributed by atoms with Gasteiger partial charge in [0, 0.05) is 37.4 Å². The fourth-order valence-corrected chi connectivity index (χ4v) is 3.89. The summed E-state index contributed by atoms with van der Waals surface area (Å²) in [4.78, 5) is 2.10. The second kappa shape index (κ2) is 8.10. The number of benzene rings is 1. The van der Waals surface area contributed by atoms with E-state index in [0.29, 0.717) is 12.0 Å². The first-order valence-electron chi connectivity index (χ1n) is 8.86. The van der Waals surface area contributed by atoms with Crippen LogP contribution in [0.4, 0.5) is 14.5 Å². The van der Waals surface area contributed by atoms with Gasteiger partial charge in [0.05, 0.1) is 0 Å². The van der Waals surface area contributed by atoms with Gasteiger partial charge in [0.15, 0.2) is 16.7 Å². The van der Waals surface area contributed by atoms with Crippen LogP contribution in [0.1, 0.15) is 38.5 Å². The largest absolute Gasteiger partial charge is 0.371 e. The molecule has 0 aromatic heterocycles. The molecule has 3 rings (SSSR count). The minimum Gasteiger partial charge on any atom is -0.371 e. The van der Waals surface area contributed by atoms with E-state index in [1.165, 1.54) is 44.2 Å². The number of nitrogens with one attached hydrogen (secondary N) is 2. The van der Waals surface area contributed by atoms with Crippen molar-refractivity contribution in [1.82, 2.24) is 10.6 Å². The highest BCUT2D eigenvalue weighted by Crippen LogP contribution is 2.25. The smallest absolute Gasteiger partial charge is 0.166 e. The van der Waals surface area contributed by atoms with Gasteiger partial charge in [-0.15, -0.1) is 0 Å². The monoisotopic (exact) mass is 353 g/mol. The zero-order valence-corrected chi connectivity index (χ0v) is 14.7. The second-order valence-corrected chi connectivity index (χ2v) is 7.30. The van der Waals surface area contributed by atoms with E-state index in [1.807, 2.05) is 0 Å². The van der Waals surface area contributed by atoms with Crippen molar-refractivity contribution in [2.24, 2.45) is 5.92 Å². The summed E-state index contributed by atoms with van der Waals surface area (Å²) in [5.74, 6) is -1.12. The summed E-state index contributed by atoms with van der Waals surface area (Å²) in [5, 5.41) is 7.48. The predicted octanol–water partition coefficient (Wildman–Crippen LogP) is 3.59. The van der Waals surface area contributed by atoms with Gasteiger partial charge in [-0.25, -0.2) is 8.78 Å². The first-order chi connectivity index (χ1) is 11.6. The van der Waals surface area contributed by atoms with Gasteiger partial charge in [-0.05, 0) is 49.5 Å². The van der Waals surface area contributed by atoms with E-state index >= 15 is 0 Å². The Morgan fingerprint density at radius 2 is 1.92 bits per heavy atom. The number of hydrogen-bond donors (Lipinski definition) is 2. The van der Waals surface area contributed by atoms with Gasteiger partial charge in [-0.3, -0.25) is 0 Å². The van der Waals surface area contributed by atoms with Crippen molar-refractivity contribution in [3.05, 3.63) is 29.8 Å². The summed E-state index contributed by atoms with van der Waals surface area (Å²) in [6.45, 7) is 2.52. The lowest BCUT2D eigenvalue weighted by atomic mass is 9.96. The van der Waals surface area contributed by atoms with Crippen LogP contribution in [0.3, 0.4) is 0 Å². The highest BCUT2D eigenvalue weighted by Gasteiger charge is 2.23. The minimum atomic E-state index is -0.796. The van der Waals surface area contributed by atoms with Crippen LogP contribution in [0.5, 0.6) is 0 Å². The first kappa shape index (κ1) is 17.4. The molecule has 1 aliphatic carbocycles. The SMILES string of the molecule is Fc1ccc(N2CC[C@@H](CNC(=S)NC3CCCCC3)C2)cc1F. The number of nitrogens with zero attached hydrogens (tertiary/aromatic N) is 1. The molecule has 2 aliphatic rings. The number of halogens is 2. The molecule has 1 aromatic rings. The van der Waals surface area contributed by atoms with Crippen molar-refractivity contribution >= 4 is 23.0 Å². The average Bonchev–Trinajstić information content (AvgIpc) is 3.05. The number of thiocarbonyl (C=S) groups is 1. The molecule has 0 radical (unpaired) electrons. The molecular formula is C18H25F2N3S. The van der Waals surface area contributed by atoms with Gasteiger partial charge in [-0.2, -0.15) is 0 Å². The predicted molar refractivity (Wildman–Crippen MR) is 97.3 cm³/mol. The first-order valence-corrected chi connectivity index (χ1v) is 9.27. The molecule has 2 fully saturated rings. The van der Waals surface area contributed by atoms with E-state index < -0.39 is 11.6 Å². The summed E-state index contributed by atoms with van der Waals surface area (Å²) in [6, 6.07) is 4.63. The summed E-state index contributed by atoms with van der Waals surface area (Å²) >= 11 is 5.40. The van der Waals surface area contributed by atoms with Crippen molar-refractivity contribution in [2.45, 2.75) is 44.6 Å². The molecule has 3 nitrogen and oxygen atoms in total. The van der Waals surface area contributed by atoms with Crippen LogP contribution in [0, 0.1) is 17.6 Å². The van der Waals surface area contributed by atoms with Crippen LogP contribution in [0.15, 0.2) is 18.2 Å². The van der Waals surface area contributed by atoms with Crippen LogP contribution in [0.2, 0.25) is 0 Å². The quantitative estimate of drug-likeness (QED) is 0.809. The van der Waals surface area contributed by atoms with Crippen LogP contribution >= 0.6 is 12.2 Å². The van der Waals surface area contributed by atoms with Crippen LogP contribution < -0.4 is 15.5 Å². The molecule has 1 heterocycles. The summed E-state index contributed by atoms with van der Waals surface area (Å²) in [7, 11) is 0.